The van der Waals surface area contributed by atoms with Gasteiger partial charge in [-0.2, -0.15) is 13.2 Å². The second kappa shape index (κ2) is 3.55. The minimum atomic E-state index is -4.61. The van der Waals surface area contributed by atoms with Crippen LogP contribution in [0, 0.1) is 0 Å². The molecule has 0 aromatic heterocycles. The van der Waals surface area contributed by atoms with Gasteiger partial charge in [-0.25, -0.2) is 4.21 Å². The highest BCUT2D eigenvalue weighted by molar-refractivity contribution is 7.66. The molecule has 1 fully saturated rings. The maximum Gasteiger partial charge on any atom is 0.427 e. The van der Waals surface area contributed by atoms with Gasteiger partial charge in [-0.15, -0.1) is 0 Å². The topological polar surface area (TPSA) is 35.5 Å². The Morgan fingerprint density at radius 3 is 2.50 bits per heavy atom. The Kier molecular flexibility index (Phi) is 2.86. The molecule has 0 radical (unpaired) electrons. The Balaban J connectivity index is 2.76. The van der Waals surface area contributed by atoms with Gasteiger partial charge in [-0.05, 0) is 0 Å². The van der Waals surface area contributed by atoms with Crippen molar-refractivity contribution >= 4 is 16.1 Å². The highest BCUT2D eigenvalue weighted by Crippen LogP contribution is 2.21. The number of alkyl halides is 3. The first-order valence-corrected chi connectivity index (χ1v) is 3.73. The highest BCUT2D eigenvalue weighted by Gasteiger charge is 2.42. The van der Waals surface area contributed by atoms with E-state index in [0.717, 1.165) is 0 Å². The van der Waals surface area contributed by atoms with Crippen molar-refractivity contribution in [2.45, 2.75) is 12.3 Å². The van der Waals surface area contributed by atoms with E-state index in [1.165, 1.54) is 0 Å². The number of hydrogen-bond donors (Lipinski definition) is 0. The van der Waals surface area contributed by atoms with Gasteiger partial charge in [0.15, 0.2) is 4.86 Å². The summed E-state index contributed by atoms with van der Waals surface area (Å²) in [6.07, 6.45) is -5.85. The van der Waals surface area contributed by atoms with E-state index in [0.29, 0.717) is 0 Å². The van der Waals surface area contributed by atoms with Crippen LogP contribution in [-0.2, 0) is 20.7 Å². The van der Waals surface area contributed by atoms with E-state index in [1.807, 2.05) is 0 Å². The van der Waals surface area contributed by atoms with Gasteiger partial charge in [0.2, 0.25) is 0 Å². The lowest BCUT2D eigenvalue weighted by Crippen LogP contribution is -2.35. The van der Waals surface area contributed by atoms with Crippen molar-refractivity contribution in [3.8, 4) is 0 Å². The molecule has 0 saturated carbocycles. The smallest absolute Gasteiger partial charge is 0.352 e. The maximum atomic E-state index is 12.0. The summed E-state index contributed by atoms with van der Waals surface area (Å²) < 4.78 is 55.1. The zero-order chi connectivity index (χ0) is 9.19. The number of halogens is 3. The Hall–Kier alpha value is -0.400. The van der Waals surface area contributed by atoms with E-state index >= 15 is 0 Å². The van der Waals surface area contributed by atoms with E-state index in [-0.39, 0.29) is 13.4 Å². The lowest BCUT2D eigenvalue weighted by Gasteiger charge is -2.11. The van der Waals surface area contributed by atoms with Crippen molar-refractivity contribution in [1.82, 2.24) is 0 Å². The van der Waals surface area contributed by atoms with E-state index in [1.54, 1.807) is 0 Å². The third-order valence-electron chi connectivity index (χ3n) is 1.28. The first kappa shape index (κ1) is 9.69. The van der Waals surface area contributed by atoms with Gasteiger partial charge in [-0.3, -0.25) is 0 Å². The van der Waals surface area contributed by atoms with Crippen LogP contribution in [0.2, 0.25) is 0 Å². The lowest BCUT2D eigenvalue weighted by atomic mass is 10.2. The molecule has 0 aromatic rings. The SMILES string of the molecule is O=S=C(C1COCO1)C(F)(F)F. The van der Waals surface area contributed by atoms with E-state index in [4.69, 9.17) is 0 Å². The normalized spacial score (nSPS) is 24.1. The Morgan fingerprint density at radius 1 is 1.50 bits per heavy atom. The zero-order valence-corrected chi connectivity index (χ0v) is 6.57. The monoisotopic (exact) mass is 202 g/mol. The second-order valence-electron chi connectivity index (χ2n) is 2.09. The Bertz CT molecular complexity index is 214. The van der Waals surface area contributed by atoms with Crippen molar-refractivity contribution in [3.63, 3.8) is 0 Å². The van der Waals surface area contributed by atoms with Gasteiger partial charge in [0.1, 0.15) is 24.2 Å². The van der Waals surface area contributed by atoms with Crippen molar-refractivity contribution in [3.05, 3.63) is 0 Å². The largest absolute Gasteiger partial charge is 0.427 e. The fraction of sp³-hybridized carbons (Fsp3) is 0.800. The van der Waals surface area contributed by atoms with Crippen LogP contribution in [0.3, 0.4) is 0 Å². The van der Waals surface area contributed by atoms with E-state index in [9.17, 15) is 17.4 Å². The molecule has 0 spiro atoms. The molecule has 1 rings (SSSR count). The first-order chi connectivity index (χ1) is 5.55. The van der Waals surface area contributed by atoms with Crippen LogP contribution in [0.1, 0.15) is 0 Å². The van der Waals surface area contributed by atoms with E-state index < -0.39 is 28.4 Å². The summed E-state index contributed by atoms with van der Waals surface area (Å²) in [5, 5.41) is 0. The summed E-state index contributed by atoms with van der Waals surface area (Å²) in [7, 11) is 0. The maximum absolute atomic E-state index is 12.0. The molecule has 1 heterocycles. The zero-order valence-electron chi connectivity index (χ0n) is 5.76. The lowest BCUT2D eigenvalue weighted by molar-refractivity contribution is -0.0643. The summed E-state index contributed by atoms with van der Waals surface area (Å²) in [5.41, 5.74) is 0. The summed E-state index contributed by atoms with van der Waals surface area (Å²) >= 11 is -0.589. The molecule has 0 amide bonds. The van der Waals surface area contributed by atoms with Crippen molar-refractivity contribution < 1.29 is 26.9 Å². The molecule has 70 valence electrons. The van der Waals surface area contributed by atoms with Crippen molar-refractivity contribution in [2.75, 3.05) is 13.4 Å². The summed E-state index contributed by atoms with van der Waals surface area (Å²) in [6.45, 7) is -0.394. The number of hydrogen-bond acceptors (Lipinski definition) is 3. The van der Waals surface area contributed by atoms with Crippen LogP contribution in [0.15, 0.2) is 0 Å². The van der Waals surface area contributed by atoms with Crippen molar-refractivity contribution in [2.24, 2.45) is 0 Å². The molecule has 1 aliphatic heterocycles. The molecule has 7 heteroatoms. The van der Waals surface area contributed by atoms with Crippen molar-refractivity contribution in [1.29, 1.82) is 0 Å². The summed E-state index contributed by atoms with van der Waals surface area (Å²) in [6, 6.07) is 0. The van der Waals surface area contributed by atoms with Gasteiger partial charge in [0.05, 0.1) is 6.61 Å². The predicted octanol–water partition coefficient (Wildman–Crippen LogP) is 0.307. The van der Waals surface area contributed by atoms with Crippen LogP contribution in [0.4, 0.5) is 13.2 Å². The average Bonchev–Trinajstić information content (AvgIpc) is 2.38. The quantitative estimate of drug-likeness (QED) is 0.574. The molecule has 12 heavy (non-hydrogen) atoms. The van der Waals surface area contributed by atoms with Gasteiger partial charge in [0.25, 0.3) is 0 Å². The third kappa shape index (κ3) is 2.05. The molecular formula is C5H5F3O3S. The van der Waals surface area contributed by atoms with Crippen LogP contribution in [0.25, 0.3) is 0 Å². The van der Waals surface area contributed by atoms with Gasteiger partial charge >= 0.3 is 6.18 Å². The van der Waals surface area contributed by atoms with Crippen LogP contribution in [0.5, 0.6) is 0 Å². The first-order valence-electron chi connectivity index (χ1n) is 2.99. The highest BCUT2D eigenvalue weighted by atomic mass is 32.1. The molecule has 0 aromatic carbocycles. The fourth-order valence-electron chi connectivity index (χ4n) is 0.768. The van der Waals surface area contributed by atoms with Crippen LogP contribution in [-0.4, -0.2) is 34.8 Å². The Labute approximate surface area is 69.5 Å². The third-order valence-corrected chi connectivity index (χ3v) is 1.96. The standard InChI is InChI=1S/C5H5F3O3S/c6-5(7,8)4(12-9)3-1-10-2-11-3/h3H,1-2H2. The van der Waals surface area contributed by atoms with E-state index in [2.05, 4.69) is 9.47 Å². The molecule has 1 saturated heterocycles. The molecule has 1 atom stereocenters. The van der Waals surface area contributed by atoms with Crippen LogP contribution < -0.4 is 0 Å². The predicted molar refractivity (Wildman–Crippen MR) is 34.9 cm³/mol. The molecule has 3 nitrogen and oxygen atoms in total. The van der Waals surface area contributed by atoms with Gasteiger partial charge in [0, 0.05) is 0 Å². The minimum absolute atomic E-state index is 0.190. The molecule has 1 unspecified atom stereocenters. The van der Waals surface area contributed by atoms with Gasteiger partial charge in [-0.1, -0.05) is 0 Å². The molecule has 0 N–H and O–H groups in total. The molecular weight excluding hydrogens is 197 g/mol. The molecule has 1 aliphatic rings. The summed E-state index contributed by atoms with van der Waals surface area (Å²) in [5.74, 6) is 0. The fourth-order valence-corrected chi connectivity index (χ4v) is 1.11. The number of ether oxygens (including phenoxy) is 2. The van der Waals surface area contributed by atoms with Gasteiger partial charge < -0.3 is 9.47 Å². The Morgan fingerprint density at radius 2 is 2.17 bits per heavy atom. The average molecular weight is 202 g/mol. The number of rotatable bonds is 1. The molecule has 0 bridgehead atoms. The molecule has 0 aliphatic carbocycles. The summed E-state index contributed by atoms with van der Waals surface area (Å²) in [4.78, 5) is -1.18. The van der Waals surface area contributed by atoms with Crippen LogP contribution >= 0.6 is 0 Å². The minimum Gasteiger partial charge on any atom is -0.352 e. The second-order valence-corrected chi connectivity index (χ2v) is 2.70.